The summed E-state index contributed by atoms with van der Waals surface area (Å²) in [6, 6.07) is 0. The maximum absolute atomic E-state index is 12.2. The molecule has 15 heavy (non-hydrogen) atoms. The van der Waals surface area contributed by atoms with E-state index in [0.717, 1.165) is 7.05 Å². The minimum atomic E-state index is -4.97. The highest BCUT2D eigenvalue weighted by Crippen LogP contribution is 2.29. The van der Waals surface area contributed by atoms with E-state index in [9.17, 15) is 26.7 Å². The van der Waals surface area contributed by atoms with Crippen LogP contribution in [0.4, 0.5) is 22.0 Å². The van der Waals surface area contributed by atoms with Crippen molar-refractivity contribution in [1.82, 2.24) is 4.90 Å². The van der Waals surface area contributed by atoms with E-state index in [4.69, 9.17) is 5.73 Å². The monoisotopic (exact) mass is 234 g/mol. The van der Waals surface area contributed by atoms with Crippen LogP contribution in [0.2, 0.25) is 0 Å². The average molecular weight is 234 g/mol. The van der Waals surface area contributed by atoms with Crippen molar-refractivity contribution in [2.24, 2.45) is 5.73 Å². The van der Waals surface area contributed by atoms with Crippen molar-refractivity contribution < 1.29 is 26.7 Å². The quantitative estimate of drug-likeness (QED) is 0.740. The molecule has 0 aromatic heterocycles. The van der Waals surface area contributed by atoms with Gasteiger partial charge >= 0.3 is 6.18 Å². The number of amides is 1. The minimum Gasteiger partial charge on any atom is -0.338 e. The van der Waals surface area contributed by atoms with Crippen LogP contribution in [0.3, 0.4) is 0 Å². The Morgan fingerprint density at radius 1 is 1.40 bits per heavy atom. The van der Waals surface area contributed by atoms with Crippen molar-refractivity contribution in [3.63, 3.8) is 0 Å². The zero-order valence-corrected chi connectivity index (χ0v) is 8.11. The Hall–Kier alpha value is -0.920. The van der Waals surface area contributed by atoms with Gasteiger partial charge in [0.25, 0.3) is 12.3 Å². The van der Waals surface area contributed by atoms with Crippen molar-refractivity contribution in [3.05, 3.63) is 0 Å². The third-order valence-electron chi connectivity index (χ3n) is 1.79. The van der Waals surface area contributed by atoms with Crippen LogP contribution in [0.1, 0.15) is 6.92 Å². The second-order valence-corrected chi connectivity index (χ2v) is 3.28. The molecule has 0 aliphatic carbocycles. The van der Waals surface area contributed by atoms with Crippen LogP contribution in [0.15, 0.2) is 0 Å². The highest BCUT2D eigenvalue weighted by atomic mass is 19.4. The van der Waals surface area contributed by atoms with Gasteiger partial charge in [-0.1, -0.05) is 0 Å². The molecule has 0 saturated heterocycles. The number of halogens is 5. The Morgan fingerprint density at radius 3 is 2.07 bits per heavy atom. The molecule has 0 rings (SSSR count). The number of carbonyl (C=O) groups is 1. The summed E-state index contributed by atoms with van der Waals surface area (Å²) in [6.07, 6.45) is -7.87. The van der Waals surface area contributed by atoms with Gasteiger partial charge in [-0.25, -0.2) is 8.78 Å². The van der Waals surface area contributed by atoms with E-state index in [2.05, 4.69) is 0 Å². The van der Waals surface area contributed by atoms with Crippen LogP contribution >= 0.6 is 0 Å². The average Bonchev–Trinajstić information content (AvgIpc) is 1.99. The maximum atomic E-state index is 12.2. The van der Waals surface area contributed by atoms with Crippen molar-refractivity contribution >= 4 is 5.91 Å². The number of likely N-dealkylation sites (N-methyl/N-ethyl adjacent to an activating group) is 1. The Labute approximate surface area is 83.0 Å². The molecule has 0 aromatic rings. The van der Waals surface area contributed by atoms with Crippen molar-refractivity contribution in [2.45, 2.75) is 25.1 Å². The minimum absolute atomic E-state index is 0.262. The van der Waals surface area contributed by atoms with Crippen molar-refractivity contribution in [1.29, 1.82) is 0 Å². The molecule has 2 N–H and O–H groups in total. The standard InChI is InChI=1S/C7H11F5N2O/c1-6(13,7(10,11)12)5(15)14(2)3-4(8)9/h4H,3,13H2,1-2H3. The zero-order chi connectivity index (χ0) is 12.4. The first-order valence-corrected chi connectivity index (χ1v) is 3.89. The topological polar surface area (TPSA) is 46.3 Å². The summed E-state index contributed by atoms with van der Waals surface area (Å²) in [6.45, 7) is -0.640. The van der Waals surface area contributed by atoms with Gasteiger partial charge in [0, 0.05) is 7.05 Å². The van der Waals surface area contributed by atoms with E-state index >= 15 is 0 Å². The fourth-order valence-electron chi connectivity index (χ4n) is 0.808. The fraction of sp³-hybridized carbons (Fsp3) is 0.857. The van der Waals surface area contributed by atoms with E-state index in [-0.39, 0.29) is 4.90 Å². The fourth-order valence-corrected chi connectivity index (χ4v) is 0.808. The van der Waals surface area contributed by atoms with Crippen LogP contribution in [-0.4, -0.2) is 42.5 Å². The first-order chi connectivity index (χ1) is 6.50. The lowest BCUT2D eigenvalue weighted by atomic mass is 10.0. The zero-order valence-electron chi connectivity index (χ0n) is 8.11. The molecule has 0 aliphatic heterocycles. The first kappa shape index (κ1) is 14.1. The molecule has 0 bridgehead atoms. The molecule has 0 heterocycles. The predicted octanol–water partition coefficient (Wildman–Crippen LogP) is 0.990. The number of hydrogen-bond donors (Lipinski definition) is 1. The highest BCUT2D eigenvalue weighted by molar-refractivity contribution is 5.86. The molecule has 90 valence electrons. The van der Waals surface area contributed by atoms with Crippen LogP contribution in [0.5, 0.6) is 0 Å². The van der Waals surface area contributed by atoms with E-state index in [1.165, 1.54) is 0 Å². The number of nitrogens with zero attached hydrogens (tertiary/aromatic N) is 1. The predicted molar refractivity (Wildman–Crippen MR) is 42.3 cm³/mol. The lowest BCUT2D eigenvalue weighted by Crippen LogP contribution is -2.61. The highest BCUT2D eigenvalue weighted by Gasteiger charge is 2.55. The van der Waals surface area contributed by atoms with Gasteiger partial charge in [-0.15, -0.1) is 0 Å². The summed E-state index contributed by atoms with van der Waals surface area (Å²) >= 11 is 0. The molecule has 8 heteroatoms. The van der Waals surface area contributed by atoms with Gasteiger partial charge < -0.3 is 10.6 Å². The van der Waals surface area contributed by atoms with Gasteiger partial charge in [-0.05, 0) is 6.92 Å². The summed E-state index contributed by atoms with van der Waals surface area (Å²) in [4.78, 5) is 11.4. The Bertz CT molecular complexity index is 238. The number of rotatable bonds is 3. The second-order valence-electron chi connectivity index (χ2n) is 3.28. The normalized spacial score (nSPS) is 16.3. The molecule has 0 aromatic carbocycles. The Morgan fingerprint density at radius 2 is 1.80 bits per heavy atom. The van der Waals surface area contributed by atoms with Gasteiger partial charge in [0.1, 0.15) is 0 Å². The van der Waals surface area contributed by atoms with Gasteiger partial charge in [-0.3, -0.25) is 4.79 Å². The van der Waals surface area contributed by atoms with E-state index < -0.39 is 30.6 Å². The van der Waals surface area contributed by atoms with Crippen LogP contribution < -0.4 is 5.73 Å². The van der Waals surface area contributed by atoms with Crippen molar-refractivity contribution in [2.75, 3.05) is 13.6 Å². The van der Waals surface area contributed by atoms with Gasteiger partial charge in [-0.2, -0.15) is 13.2 Å². The SMILES string of the molecule is CN(CC(F)F)C(=O)C(C)(N)C(F)(F)F. The molecule has 3 nitrogen and oxygen atoms in total. The van der Waals surface area contributed by atoms with Gasteiger partial charge in [0.15, 0.2) is 5.54 Å². The number of nitrogens with two attached hydrogens (primary N) is 1. The molecule has 0 saturated carbocycles. The van der Waals surface area contributed by atoms with E-state index in [1.807, 2.05) is 0 Å². The van der Waals surface area contributed by atoms with E-state index in [1.54, 1.807) is 0 Å². The van der Waals surface area contributed by atoms with E-state index in [0.29, 0.717) is 6.92 Å². The summed E-state index contributed by atoms with van der Waals surface area (Å²) in [5.74, 6) is -1.59. The molecule has 1 atom stereocenters. The summed E-state index contributed by atoms with van der Waals surface area (Å²) < 4.78 is 60.3. The summed E-state index contributed by atoms with van der Waals surface area (Å²) in [7, 11) is 0.839. The number of alkyl halides is 5. The number of hydrogen-bond acceptors (Lipinski definition) is 2. The second kappa shape index (κ2) is 4.30. The smallest absolute Gasteiger partial charge is 0.338 e. The number of carbonyl (C=O) groups excluding carboxylic acids is 1. The molecule has 0 spiro atoms. The van der Waals surface area contributed by atoms with Crippen LogP contribution in [0.25, 0.3) is 0 Å². The van der Waals surface area contributed by atoms with Gasteiger partial charge in [0.05, 0.1) is 6.54 Å². The maximum Gasteiger partial charge on any atom is 0.415 e. The van der Waals surface area contributed by atoms with Crippen LogP contribution in [-0.2, 0) is 4.79 Å². The third kappa shape index (κ3) is 3.29. The lowest BCUT2D eigenvalue weighted by Gasteiger charge is -2.30. The first-order valence-electron chi connectivity index (χ1n) is 3.89. The molecule has 0 fully saturated rings. The molecular weight excluding hydrogens is 223 g/mol. The molecule has 0 aliphatic rings. The molecule has 1 unspecified atom stereocenters. The van der Waals surface area contributed by atoms with Crippen LogP contribution in [0, 0.1) is 0 Å². The molecule has 1 amide bonds. The third-order valence-corrected chi connectivity index (χ3v) is 1.79. The molecule has 0 radical (unpaired) electrons. The molecular formula is C7H11F5N2O. The Balaban J connectivity index is 4.70. The van der Waals surface area contributed by atoms with Gasteiger partial charge in [0.2, 0.25) is 0 Å². The largest absolute Gasteiger partial charge is 0.415 e. The van der Waals surface area contributed by atoms with Crippen molar-refractivity contribution in [3.8, 4) is 0 Å². The lowest BCUT2D eigenvalue weighted by molar-refractivity contribution is -0.193. The summed E-state index contributed by atoms with van der Waals surface area (Å²) in [5, 5.41) is 0. The Kier molecular flexibility index (Phi) is 4.03. The summed E-state index contributed by atoms with van der Waals surface area (Å²) in [5.41, 5.74) is 1.61.